The number of methoxy groups -OCH3 is 1. The van der Waals surface area contributed by atoms with Crippen molar-refractivity contribution in [3.05, 3.63) is 46.9 Å². The SMILES string of the molecule is COc1cccc(CN2C(=O)CCc3c(C)nc([C@@H]4CCCN(C5CCCC5)C4)nc32)c1. The zero-order valence-corrected chi connectivity index (χ0v) is 19.3. The van der Waals surface area contributed by atoms with Crippen molar-refractivity contribution in [1.82, 2.24) is 14.9 Å². The molecule has 0 spiro atoms. The molecule has 0 bridgehead atoms. The van der Waals surface area contributed by atoms with Crippen LogP contribution in [0.4, 0.5) is 5.82 Å². The van der Waals surface area contributed by atoms with Crippen LogP contribution in [-0.2, 0) is 17.8 Å². The van der Waals surface area contributed by atoms with Crippen LogP contribution >= 0.6 is 0 Å². The van der Waals surface area contributed by atoms with Crippen LogP contribution < -0.4 is 9.64 Å². The van der Waals surface area contributed by atoms with E-state index in [0.717, 1.165) is 59.6 Å². The Morgan fingerprint density at radius 1 is 1.09 bits per heavy atom. The van der Waals surface area contributed by atoms with Crippen LogP contribution in [0.3, 0.4) is 0 Å². The molecule has 1 saturated carbocycles. The molecule has 1 amide bonds. The monoisotopic (exact) mass is 434 g/mol. The fourth-order valence-electron chi connectivity index (χ4n) is 5.72. The molecule has 32 heavy (non-hydrogen) atoms. The van der Waals surface area contributed by atoms with Gasteiger partial charge in [-0.05, 0) is 63.3 Å². The van der Waals surface area contributed by atoms with E-state index in [1.54, 1.807) is 7.11 Å². The smallest absolute Gasteiger partial charge is 0.228 e. The molecule has 0 N–H and O–H groups in total. The standard InChI is InChI=1S/C26H34N4O2/c1-18-23-12-13-24(31)30(16-19-7-5-11-22(15-19)32-2)26(23)28-25(27-18)20-8-6-14-29(17-20)21-9-3-4-10-21/h5,7,11,15,20-21H,3-4,6,8-10,12-14,16-17H2,1-2H3/t20-/m1/s1. The normalized spacial score (nSPS) is 22.2. The van der Waals surface area contributed by atoms with E-state index >= 15 is 0 Å². The quantitative estimate of drug-likeness (QED) is 0.698. The average molecular weight is 435 g/mol. The third-order valence-corrected chi connectivity index (χ3v) is 7.49. The van der Waals surface area contributed by atoms with Crippen LogP contribution in [0.15, 0.2) is 24.3 Å². The van der Waals surface area contributed by atoms with Gasteiger partial charge in [-0.2, -0.15) is 0 Å². The number of rotatable bonds is 5. The molecule has 6 nitrogen and oxygen atoms in total. The molecule has 170 valence electrons. The maximum Gasteiger partial charge on any atom is 0.228 e. The molecule has 1 atom stereocenters. The molecule has 1 aromatic heterocycles. The first kappa shape index (κ1) is 21.4. The number of hydrogen-bond donors (Lipinski definition) is 0. The van der Waals surface area contributed by atoms with Crippen molar-refractivity contribution >= 4 is 11.7 Å². The number of amides is 1. The second-order valence-electron chi connectivity index (χ2n) is 9.57. The lowest BCUT2D eigenvalue weighted by Crippen LogP contribution is -2.41. The van der Waals surface area contributed by atoms with Gasteiger partial charge in [0, 0.05) is 36.2 Å². The Morgan fingerprint density at radius 3 is 2.75 bits per heavy atom. The van der Waals surface area contributed by atoms with E-state index in [0.29, 0.717) is 18.9 Å². The summed E-state index contributed by atoms with van der Waals surface area (Å²) in [5, 5.41) is 0. The number of hydrogen-bond acceptors (Lipinski definition) is 5. The van der Waals surface area contributed by atoms with Crippen molar-refractivity contribution in [2.45, 2.75) is 76.8 Å². The Balaban J connectivity index is 1.43. The number of ether oxygens (including phenoxy) is 1. The minimum atomic E-state index is 0.139. The molecule has 5 rings (SSSR count). The maximum absolute atomic E-state index is 13.0. The van der Waals surface area contributed by atoms with Gasteiger partial charge in [0.05, 0.1) is 13.7 Å². The van der Waals surface area contributed by atoms with Crippen LogP contribution in [0.25, 0.3) is 0 Å². The molecule has 1 aromatic carbocycles. The molecule has 3 aliphatic rings. The van der Waals surface area contributed by atoms with Crippen molar-refractivity contribution in [3.8, 4) is 5.75 Å². The summed E-state index contributed by atoms with van der Waals surface area (Å²) in [5.74, 6) is 3.05. The predicted molar refractivity (Wildman–Crippen MR) is 125 cm³/mol. The Labute approximate surface area is 191 Å². The first-order valence-corrected chi connectivity index (χ1v) is 12.2. The number of nitrogens with zero attached hydrogens (tertiary/aromatic N) is 4. The summed E-state index contributed by atoms with van der Waals surface area (Å²) in [7, 11) is 1.67. The van der Waals surface area contributed by atoms with Gasteiger partial charge in [0.1, 0.15) is 17.4 Å². The van der Waals surface area contributed by atoms with Gasteiger partial charge in [0.15, 0.2) is 0 Å². The van der Waals surface area contributed by atoms with Crippen molar-refractivity contribution in [2.75, 3.05) is 25.1 Å². The highest BCUT2D eigenvalue weighted by Crippen LogP contribution is 2.35. The van der Waals surface area contributed by atoms with E-state index in [9.17, 15) is 4.79 Å². The fourth-order valence-corrected chi connectivity index (χ4v) is 5.72. The summed E-state index contributed by atoms with van der Waals surface area (Å²) in [6.07, 6.45) is 8.97. The number of anilines is 1. The van der Waals surface area contributed by atoms with Crippen LogP contribution in [0, 0.1) is 6.92 Å². The van der Waals surface area contributed by atoms with Gasteiger partial charge in [-0.15, -0.1) is 0 Å². The lowest BCUT2D eigenvalue weighted by Gasteiger charge is -2.37. The first-order chi connectivity index (χ1) is 15.6. The highest BCUT2D eigenvalue weighted by atomic mass is 16.5. The number of carbonyl (C=O) groups excluding carboxylic acids is 1. The van der Waals surface area contributed by atoms with Gasteiger partial charge in [0.2, 0.25) is 5.91 Å². The molecular formula is C26H34N4O2. The minimum Gasteiger partial charge on any atom is -0.497 e. The predicted octanol–water partition coefficient (Wildman–Crippen LogP) is 4.40. The Bertz CT molecular complexity index is 986. The third-order valence-electron chi connectivity index (χ3n) is 7.49. The summed E-state index contributed by atoms with van der Waals surface area (Å²) in [6.45, 7) is 4.84. The lowest BCUT2D eigenvalue weighted by atomic mass is 9.94. The highest BCUT2D eigenvalue weighted by Gasteiger charge is 2.33. The van der Waals surface area contributed by atoms with Gasteiger partial charge in [-0.25, -0.2) is 9.97 Å². The van der Waals surface area contributed by atoms with Gasteiger partial charge < -0.3 is 4.74 Å². The number of aromatic nitrogens is 2. The van der Waals surface area contributed by atoms with Crippen molar-refractivity contribution in [3.63, 3.8) is 0 Å². The summed E-state index contributed by atoms with van der Waals surface area (Å²) < 4.78 is 5.38. The van der Waals surface area contributed by atoms with Crippen molar-refractivity contribution in [2.24, 2.45) is 0 Å². The van der Waals surface area contributed by atoms with Gasteiger partial charge in [0.25, 0.3) is 0 Å². The molecule has 0 unspecified atom stereocenters. The topological polar surface area (TPSA) is 58.6 Å². The summed E-state index contributed by atoms with van der Waals surface area (Å²) in [5.41, 5.74) is 3.21. The second kappa shape index (κ2) is 9.18. The molecular weight excluding hydrogens is 400 g/mol. The number of benzene rings is 1. The van der Waals surface area contributed by atoms with Crippen molar-refractivity contribution in [1.29, 1.82) is 0 Å². The Hall–Kier alpha value is -2.47. The summed E-state index contributed by atoms with van der Waals surface area (Å²) in [4.78, 5) is 27.5. The highest BCUT2D eigenvalue weighted by molar-refractivity contribution is 5.95. The second-order valence-corrected chi connectivity index (χ2v) is 9.57. The zero-order valence-electron chi connectivity index (χ0n) is 19.3. The van der Waals surface area contributed by atoms with Crippen LogP contribution in [0.1, 0.15) is 73.5 Å². The number of carbonyl (C=O) groups is 1. The average Bonchev–Trinajstić information content (AvgIpc) is 3.36. The first-order valence-electron chi connectivity index (χ1n) is 12.2. The van der Waals surface area contributed by atoms with E-state index in [1.165, 1.54) is 38.6 Å². The van der Waals surface area contributed by atoms with Gasteiger partial charge in [-0.3, -0.25) is 14.6 Å². The van der Waals surface area contributed by atoms with E-state index < -0.39 is 0 Å². The van der Waals surface area contributed by atoms with Crippen molar-refractivity contribution < 1.29 is 9.53 Å². The van der Waals surface area contributed by atoms with Gasteiger partial charge in [-0.1, -0.05) is 25.0 Å². The largest absolute Gasteiger partial charge is 0.497 e. The van der Waals surface area contributed by atoms with Crippen LogP contribution in [0.2, 0.25) is 0 Å². The molecule has 2 aliphatic heterocycles. The molecule has 2 fully saturated rings. The maximum atomic E-state index is 13.0. The molecule has 6 heteroatoms. The van der Waals surface area contributed by atoms with Crippen LogP contribution in [0.5, 0.6) is 5.75 Å². The fraction of sp³-hybridized carbons (Fsp3) is 0.577. The Morgan fingerprint density at radius 2 is 1.94 bits per heavy atom. The summed E-state index contributed by atoms with van der Waals surface area (Å²) >= 11 is 0. The van der Waals surface area contributed by atoms with E-state index in [-0.39, 0.29) is 5.91 Å². The molecule has 2 aromatic rings. The Kier molecular flexibility index (Phi) is 6.13. The van der Waals surface area contributed by atoms with E-state index in [2.05, 4.69) is 11.8 Å². The number of piperidine rings is 1. The zero-order chi connectivity index (χ0) is 22.1. The lowest BCUT2D eigenvalue weighted by molar-refractivity contribution is -0.119. The number of likely N-dealkylation sites (tertiary alicyclic amines) is 1. The number of aryl methyl sites for hydroxylation is 1. The number of fused-ring (bicyclic) bond motifs is 1. The van der Waals surface area contributed by atoms with E-state index in [4.69, 9.17) is 14.7 Å². The molecule has 1 saturated heterocycles. The van der Waals surface area contributed by atoms with Crippen LogP contribution in [-0.4, -0.2) is 47.0 Å². The molecule has 1 aliphatic carbocycles. The summed E-state index contributed by atoms with van der Waals surface area (Å²) in [6, 6.07) is 8.68. The van der Waals surface area contributed by atoms with E-state index in [1.807, 2.05) is 29.2 Å². The minimum absolute atomic E-state index is 0.139. The molecule has 3 heterocycles. The third kappa shape index (κ3) is 4.25. The van der Waals surface area contributed by atoms with Gasteiger partial charge >= 0.3 is 0 Å². The molecule has 0 radical (unpaired) electrons.